The summed E-state index contributed by atoms with van der Waals surface area (Å²) in [6.07, 6.45) is 0. The SMILES string of the molecule is CC1CN(C(=O)[C@@H](C)N)CCS1=O.Cl. The lowest BCUT2D eigenvalue weighted by Gasteiger charge is -2.31. The first kappa shape index (κ1) is 13.9. The number of hydrogen-bond acceptors (Lipinski definition) is 3. The van der Waals surface area contributed by atoms with Gasteiger partial charge in [0.05, 0.1) is 6.04 Å². The number of carbonyl (C=O) groups excluding carboxylic acids is 1. The quantitative estimate of drug-likeness (QED) is 0.687. The van der Waals surface area contributed by atoms with E-state index in [1.807, 2.05) is 6.92 Å². The fourth-order valence-electron chi connectivity index (χ4n) is 1.37. The van der Waals surface area contributed by atoms with Gasteiger partial charge in [-0.2, -0.15) is 0 Å². The van der Waals surface area contributed by atoms with Gasteiger partial charge in [-0.15, -0.1) is 12.4 Å². The molecule has 2 N–H and O–H groups in total. The molecule has 0 bridgehead atoms. The minimum atomic E-state index is -0.770. The molecular formula is C8H17ClN2O2S. The Balaban J connectivity index is 0.00000169. The summed E-state index contributed by atoms with van der Waals surface area (Å²) in [5.41, 5.74) is 5.48. The third-order valence-corrected chi connectivity index (χ3v) is 3.82. The van der Waals surface area contributed by atoms with Crippen LogP contribution >= 0.6 is 12.4 Å². The first-order chi connectivity index (χ1) is 6.02. The van der Waals surface area contributed by atoms with Crippen molar-refractivity contribution in [2.24, 2.45) is 5.73 Å². The van der Waals surface area contributed by atoms with Gasteiger partial charge in [-0.1, -0.05) is 0 Å². The molecular weight excluding hydrogens is 224 g/mol. The average Bonchev–Trinajstić information content (AvgIpc) is 2.08. The fraction of sp³-hybridized carbons (Fsp3) is 0.875. The van der Waals surface area contributed by atoms with Gasteiger partial charge in [0.1, 0.15) is 0 Å². The normalized spacial score (nSPS) is 29.2. The minimum Gasteiger partial charge on any atom is -0.339 e. The van der Waals surface area contributed by atoms with Gasteiger partial charge in [-0.3, -0.25) is 9.00 Å². The van der Waals surface area contributed by atoms with Gasteiger partial charge in [0.15, 0.2) is 0 Å². The van der Waals surface area contributed by atoms with Crippen LogP contribution in [0.2, 0.25) is 0 Å². The van der Waals surface area contributed by atoms with Gasteiger partial charge in [0.25, 0.3) is 0 Å². The lowest BCUT2D eigenvalue weighted by Crippen LogP contribution is -2.50. The summed E-state index contributed by atoms with van der Waals surface area (Å²) in [7, 11) is -0.770. The lowest BCUT2D eigenvalue weighted by molar-refractivity contribution is -0.132. The predicted octanol–water partition coefficient (Wildman–Crippen LogP) is -0.265. The molecule has 0 aromatic heterocycles. The van der Waals surface area contributed by atoms with E-state index in [9.17, 15) is 9.00 Å². The highest BCUT2D eigenvalue weighted by molar-refractivity contribution is 7.85. The van der Waals surface area contributed by atoms with Crippen LogP contribution in [0.15, 0.2) is 0 Å². The molecule has 1 saturated heterocycles. The maximum absolute atomic E-state index is 11.5. The molecule has 6 heteroatoms. The molecule has 1 fully saturated rings. The second-order valence-electron chi connectivity index (χ2n) is 3.47. The number of carbonyl (C=O) groups is 1. The summed E-state index contributed by atoms with van der Waals surface area (Å²) in [5, 5.41) is 0.0800. The Morgan fingerprint density at radius 3 is 2.64 bits per heavy atom. The molecule has 2 unspecified atom stereocenters. The molecule has 0 aliphatic carbocycles. The second-order valence-corrected chi connectivity index (χ2v) is 5.44. The smallest absolute Gasteiger partial charge is 0.239 e. The van der Waals surface area contributed by atoms with E-state index in [4.69, 9.17) is 5.73 Å². The van der Waals surface area contributed by atoms with Crippen molar-refractivity contribution in [3.63, 3.8) is 0 Å². The number of halogens is 1. The van der Waals surface area contributed by atoms with Gasteiger partial charge in [-0.05, 0) is 13.8 Å². The third kappa shape index (κ3) is 3.22. The van der Waals surface area contributed by atoms with Crippen LogP contribution in [0.3, 0.4) is 0 Å². The zero-order valence-corrected chi connectivity index (χ0v) is 10.1. The molecule has 14 heavy (non-hydrogen) atoms. The summed E-state index contributed by atoms with van der Waals surface area (Å²) in [5.74, 6) is 0.545. The minimum absolute atomic E-state index is 0. The Kier molecular flexibility index (Phi) is 5.63. The summed E-state index contributed by atoms with van der Waals surface area (Å²) >= 11 is 0. The van der Waals surface area contributed by atoms with E-state index in [0.717, 1.165) is 0 Å². The highest BCUT2D eigenvalue weighted by atomic mass is 35.5. The number of nitrogens with two attached hydrogens (primary N) is 1. The topological polar surface area (TPSA) is 63.4 Å². The summed E-state index contributed by atoms with van der Waals surface area (Å²) in [6, 6.07) is -0.446. The van der Waals surface area contributed by atoms with Crippen molar-refractivity contribution >= 4 is 29.1 Å². The summed E-state index contributed by atoms with van der Waals surface area (Å²) in [4.78, 5) is 13.2. The molecule has 1 amide bonds. The van der Waals surface area contributed by atoms with Gasteiger partial charge < -0.3 is 10.6 Å². The van der Waals surface area contributed by atoms with E-state index >= 15 is 0 Å². The van der Waals surface area contributed by atoms with Gasteiger partial charge in [0, 0.05) is 34.9 Å². The molecule has 0 aromatic rings. The van der Waals surface area contributed by atoms with Crippen LogP contribution in [0.1, 0.15) is 13.8 Å². The van der Waals surface area contributed by atoms with Crippen molar-refractivity contribution in [1.29, 1.82) is 0 Å². The number of hydrogen-bond donors (Lipinski definition) is 1. The van der Waals surface area contributed by atoms with Crippen LogP contribution < -0.4 is 5.73 Å². The van der Waals surface area contributed by atoms with Crippen LogP contribution in [-0.2, 0) is 15.6 Å². The van der Waals surface area contributed by atoms with Crippen molar-refractivity contribution in [2.75, 3.05) is 18.8 Å². The van der Waals surface area contributed by atoms with Crippen molar-refractivity contribution in [1.82, 2.24) is 4.90 Å². The van der Waals surface area contributed by atoms with Crippen LogP contribution in [-0.4, -0.2) is 45.2 Å². The van der Waals surface area contributed by atoms with Crippen LogP contribution in [0.25, 0.3) is 0 Å². The van der Waals surface area contributed by atoms with E-state index in [2.05, 4.69) is 0 Å². The molecule has 0 aromatic carbocycles. The molecule has 1 aliphatic heterocycles. The third-order valence-electron chi connectivity index (χ3n) is 2.19. The molecule has 0 spiro atoms. The van der Waals surface area contributed by atoms with Gasteiger partial charge in [0.2, 0.25) is 5.91 Å². The van der Waals surface area contributed by atoms with E-state index in [1.54, 1.807) is 11.8 Å². The van der Waals surface area contributed by atoms with Crippen LogP contribution in [0, 0.1) is 0 Å². The molecule has 3 atom stereocenters. The number of rotatable bonds is 1. The largest absolute Gasteiger partial charge is 0.339 e. The van der Waals surface area contributed by atoms with Gasteiger partial charge >= 0.3 is 0 Å². The fourth-order valence-corrected chi connectivity index (χ4v) is 2.52. The molecule has 0 radical (unpaired) electrons. The Bertz CT molecular complexity index is 235. The standard InChI is InChI=1S/C8H16N2O2S.ClH/c1-6-5-10(3-4-13(6)12)8(11)7(2)9;/h6-7H,3-5,9H2,1-2H3;1H/t6?,7-,13?;/m1./s1. The summed E-state index contributed by atoms with van der Waals surface area (Å²) < 4.78 is 11.3. The number of nitrogens with zero attached hydrogens (tertiary/aromatic N) is 1. The first-order valence-electron chi connectivity index (χ1n) is 4.44. The van der Waals surface area contributed by atoms with Crippen molar-refractivity contribution < 1.29 is 9.00 Å². The maximum atomic E-state index is 11.5. The van der Waals surface area contributed by atoms with Crippen molar-refractivity contribution in [3.8, 4) is 0 Å². The van der Waals surface area contributed by atoms with Crippen molar-refractivity contribution in [2.45, 2.75) is 25.1 Å². The van der Waals surface area contributed by atoms with Crippen LogP contribution in [0.5, 0.6) is 0 Å². The summed E-state index contributed by atoms with van der Waals surface area (Å²) in [6.45, 7) is 4.74. The molecule has 1 rings (SSSR count). The molecule has 1 aliphatic rings. The molecule has 84 valence electrons. The predicted molar refractivity (Wildman–Crippen MR) is 59.9 cm³/mol. The second kappa shape index (κ2) is 5.68. The molecule has 0 saturated carbocycles. The van der Waals surface area contributed by atoms with E-state index < -0.39 is 16.8 Å². The van der Waals surface area contributed by atoms with E-state index in [1.165, 1.54) is 0 Å². The Hall–Kier alpha value is -0.130. The lowest BCUT2D eigenvalue weighted by atomic mass is 10.3. The average molecular weight is 241 g/mol. The highest BCUT2D eigenvalue weighted by Gasteiger charge is 2.26. The Morgan fingerprint density at radius 1 is 1.64 bits per heavy atom. The maximum Gasteiger partial charge on any atom is 0.239 e. The number of amides is 1. The molecule has 4 nitrogen and oxygen atoms in total. The zero-order chi connectivity index (χ0) is 10.0. The first-order valence-corrected chi connectivity index (χ1v) is 5.82. The monoisotopic (exact) mass is 240 g/mol. The molecule has 1 heterocycles. The van der Waals surface area contributed by atoms with Gasteiger partial charge in [-0.25, -0.2) is 0 Å². The van der Waals surface area contributed by atoms with E-state index in [0.29, 0.717) is 18.8 Å². The highest BCUT2D eigenvalue weighted by Crippen LogP contribution is 2.08. The van der Waals surface area contributed by atoms with Crippen molar-refractivity contribution in [3.05, 3.63) is 0 Å². The zero-order valence-electron chi connectivity index (χ0n) is 8.43. The van der Waals surface area contributed by atoms with E-state index in [-0.39, 0.29) is 23.6 Å². The van der Waals surface area contributed by atoms with Crippen LogP contribution in [0.4, 0.5) is 0 Å². The Morgan fingerprint density at radius 2 is 2.21 bits per heavy atom. The Labute approximate surface area is 93.1 Å².